The van der Waals surface area contributed by atoms with Gasteiger partial charge in [-0.25, -0.2) is 0 Å². The van der Waals surface area contributed by atoms with E-state index in [2.05, 4.69) is 6.08 Å². The van der Waals surface area contributed by atoms with Crippen LogP contribution in [0.15, 0.2) is 5.76 Å². The molecular formula is C6H9O. The van der Waals surface area contributed by atoms with Gasteiger partial charge in [0.1, 0.15) is 0 Å². The van der Waals surface area contributed by atoms with Gasteiger partial charge in [-0.05, 0) is 25.8 Å². The van der Waals surface area contributed by atoms with Crippen LogP contribution in [0.3, 0.4) is 0 Å². The van der Waals surface area contributed by atoms with Gasteiger partial charge >= 0.3 is 0 Å². The largest absolute Gasteiger partial charge is 0.498 e. The van der Waals surface area contributed by atoms with Crippen molar-refractivity contribution >= 4 is 0 Å². The molecule has 0 spiro atoms. The quantitative estimate of drug-likeness (QED) is 0.445. The van der Waals surface area contributed by atoms with Crippen molar-refractivity contribution < 1.29 is 4.74 Å². The van der Waals surface area contributed by atoms with Crippen LogP contribution in [-0.4, -0.2) is 6.61 Å². The van der Waals surface area contributed by atoms with E-state index in [1.165, 1.54) is 0 Å². The first-order valence-electron chi connectivity index (χ1n) is 2.60. The lowest BCUT2D eigenvalue weighted by molar-refractivity contribution is 0.192. The van der Waals surface area contributed by atoms with E-state index >= 15 is 0 Å². The molecule has 0 atom stereocenters. The zero-order valence-corrected chi connectivity index (χ0v) is 4.53. The summed E-state index contributed by atoms with van der Waals surface area (Å²) >= 11 is 0. The van der Waals surface area contributed by atoms with Gasteiger partial charge in [0.25, 0.3) is 0 Å². The van der Waals surface area contributed by atoms with Gasteiger partial charge in [-0.3, -0.25) is 0 Å². The summed E-state index contributed by atoms with van der Waals surface area (Å²) in [6.45, 7) is 2.83. The number of hydrogen-bond donors (Lipinski definition) is 0. The molecule has 0 bridgehead atoms. The molecule has 1 heteroatoms. The van der Waals surface area contributed by atoms with E-state index < -0.39 is 0 Å². The first-order valence-corrected chi connectivity index (χ1v) is 2.60. The fourth-order valence-electron chi connectivity index (χ4n) is 0.613. The Kier molecular flexibility index (Phi) is 1.35. The minimum atomic E-state index is 0.888. The summed E-state index contributed by atoms with van der Waals surface area (Å²) < 4.78 is 5.08. The summed E-state index contributed by atoms with van der Waals surface area (Å²) in [5.74, 6) is 0.964. The van der Waals surface area contributed by atoms with E-state index in [0.717, 1.165) is 25.2 Å². The van der Waals surface area contributed by atoms with Crippen molar-refractivity contribution in [1.82, 2.24) is 0 Å². The predicted octanol–water partition coefficient (Wildman–Crippen LogP) is 1.50. The number of ether oxygens (including phenoxy) is 1. The fraction of sp³-hybridized carbons (Fsp3) is 0.667. The van der Waals surface area contributed by atoms with Crippen molar-refractivity contribution in [2.24, 2.45) is 0 Å². The van der Waals surface area contributed by atoms with Crippen LogP contribution in [-0.2, 0) is 4.74 Å². The molecule has 1 aliphatic heterocycles. The van der Waals surface area contributed by atoms with Gasteiger partial charge < -0.3 is 4.74 Å². The van der Waals surface area contributed by atoms with Gasteiger partial charge in [0.15, 0.2) is 0 Å². The van der Waals surface area contributed by atoms with Gasteiger partial charge in [0, 0.05) is 0 Å². The smallest absolute Gasteiger partial charge is 0.0964 e. The molecule has 39 valence electrons. The van der Waals surface area contributed by atoms with Crippen molar-refractivity contribution in [2.45, 2.75) is 19.8 Å². The molecule has 0 aromatic heterocycles. The molecule has 0 N–H and O–H groups in total. The van der Waals surface area contributed by atoms with E-state index in [1.54, 1.807) is 0 Å². The molecule has 1 nitrogen and oxygen atoms in total. The predicted molar refractivity (Wildman–Crippen MR) is 27.6 cm³/mol. The van der Waals surface area contributed by atoms with E-state index in [4.69, 9.17) is 4.74 Å². The molecule has 1 rings (SSSR count). The second-order valence-electron chi connectivity index (χ2n) is 1.68. The van der Waals surface area contributed by atoms with Crippen LogP contribution >= 0.6 is 0 Å². The van der Waals surface area contributed by atoms with Crippen LogP contribution in [0.5, 0.6) is 0 Å². The van der Waals surface area contributed by atoms with E-state index in [9.17, 15) is 0 Å². The zero-order chi connectivity index (χ0) is 5.11. The van der Waals surface area contributed by atoms with E-state index in [0.29, 0.717) is 0 Å². The Morgan fingerprint density at radius 2 is 2.57 bits per heavy atom. The molecule has 0 unspecified atom stereocenters. The van der Waals surface area contributed by atoms with Crippen LogP contribution < -0.4 is 0 Å². The first kappa shape index (κ1) is 4.69. The molecule has 1 heterocycles. The molecular weight excluding hydrogens is 88.1 g/mol. The van der Waals surface area contributed by atoms with Gasteiger partial charge in [0.2, 0.25) is 0 Å². The van der Waals surface area contributed by atoms with Crippen LogP contribution in [0.4, 0.5) is 0 Å². The lowest BCUT2D eigenvalue weighted by atomic mass is 10.2. The highest BCUT2D eigenvalue weighted by molar-refractivity contribution is 4.83. The molecule has 1 aliphatic rings. The van der Waals surface area contributed by atoms with Gasteiger partial charge in [0.05, 0.1) is 12.4 Å². The Morgan fingerprint density at radius 1 is 1.71 bits per heavy atom. The average molecular weight is 97.1 g/mol. The van der Waals surface area contributed by atoms with E-state index in [-0.39, 0.29) is 0 Å². The lowest BCUT2D eigenvalue weighted by Crippen LogP contribution is -1.97. The summed E-state index contributed by atoms with van der Waals surface area (Å²) in [7, 11) is 0. The van der Waals surface area contributed by atoms with Crippen molar-refractivity contribution in [3.8, 4) is 0 Å². The number of hydrogen-bond acceptors (Lipinski definition) is 1. The van der Waals surface area contributed by atoms with Crippen LogP contribution in [0, 0.1) is 6.08 Å². The topological polar surface area (TPSA) is 9.23 Å². The summed E-state index contributed by atoms with van der Waals surface area (Å²) in [5, 5.41) is 0. The molecule has 0 fully saturated rings. The zero-order valence-electron chi connectivity index (χ0n) is 4.53. The monoisotopic (exact) mass is 97.1 g/mol. The maximum atomic E-state index is 5.08. The number of allylic oxidation sites excluding steroid dienone is 2. The SMILES string of the molecule is CC1=[C]CCCO1. The minimum Gasteiger partial charge on any atom is -0.498 e. The Morgan fingerprint density at radius 3 is 2.86 bits per heavy atom. The summed E-state index contributed by atoms with van der Waals surface area (Å²) in [5.41, 5.74) is 0. The second kappa shape index (κ2) is 2.01. The number of rotatable bonds is 0. The summed E-state index contributed by atoms with van der Waals surface area (Å²) in [4.78, 5) is 0. The van der Waals surface area contributed by atoms with Crippen molar-refractivity contribution in [3.05, 3.63) is 11.8 Å². The van der Waals surface area contributed by atoms with Crippen molar-refractivity contribution in [1.29, 1.82) is 0 Å². The summed E-state index contributed by atoms with van der Waals surface area (Å²) in [6, 6.07) is 0. The summed E-state index contributed by atoms with van der Waals surface area (Å²) in [6.07, 6.45) is 5.29. The third-order valence-electron chi connectivity index (χ3n) is 1.01. The third-order valence-corrected chi connectivity index (χ3v) is 1.01. The minimum absolute atomic E-state index is 0.888. The van der Waals surface area contributed by atoms with Crippen molar-refractivity contribution in [3.63, 3.8) is 0 Å². The molecule has 0 aromatic carbocycles. The normalized spacial score (nSPS) is 20.4. The first-order chi connectivity index (χ1) is 3.39. The molecule has 0 amide bonds. The van der Waals surface area contributed by atoms with E-state index in [1.807, 2.05) is 6.92 Å². The Balaban J connectivity index is 2.40. The molecule has 0 aromatic rings. The van der Waals surface area contributed by atoms with Crippen LogP contribution in [0.25, 0.3) is 0 Å². The Labute approximate surface area is 44.0 Å². The highest BCUT2D eigenvalue weighted by Gasteiger charge is 1.95. The molecule has 1 radical (unpaired) electrons. The third kappa shape index (κ3) is 1.22. The highest BCUT2D eigenvalue weighted by Crippen LogP contribution is 2.06. The maximum Gasteiger partial charge on any atom is 0.0964 e. The van der Waals surface area contributed by atoms with Gasteiger partial charge in [-0.2, -0.15) is 0 Å². The standard InChI is InChI=1S/C6H9O/c1-6-4-2-3-5-7-6/h2-3,5H2,1H3. The van der Waals surface area contributed by atoms with Gasteiger partial charge in [-0.1, -0.05) is 0 Å². The Hall–Kier alpha value is -0.460. The Bertz CT molecular complexity index is 84.2. The molecule has 0 aliphatic carbocycles. The molecule has 7 heavy (non-hydrogen) atoms. The maximum absolute atomic E-state index is 5.08. The van der Waals surface area contributed by atoms with Crippen LogP contribution in [0.2, 0.25) is 0 Å². The molecule has 0 saturated carbocycles. The average Bonchev–Trinajstić information content (AvgIpc) is 1.69. The second-order valence-corrected chi connectivity index (χ2v) is 1.68. The molecule has 0 saturated heterocycles. The van der Waals surface area contributed by atoms with Crippen LogP contribution in [0.1, 0.15) is 19.8 Å². The highest BCUT2D eigenvalue weighted by atomic mass is 16.5. The fourth-order valence-corrected chi connectivity index (χ4v) is 0.613. The lowest BCUT2D eigenvalue weighted by Gasteiger charge is -2.08. The van der Waals surface area contributed by atoms with Gasteiger partial charge in [-0.15, -0.1) is 0 Å². The van der Waals surface area contributed by atoms with Crippen molar-refractivity contribution in [2.75, 3.05) is 6.61 Å².